The van der Waals surface area contributed by atoms with E-state index in [1.54, 1.807) is 48.9 Å². The van der Waals surface area contributed by atoms with Crippen molar-refractivity contribution in [2.45, 2.75) is 4.21 Å². The van der Waals surface area contributed by atoms with Crippen LogP contribution in [0.15, 0.2) is 50.9 Å². The van der Waals surface area contributed by atoms with Crippen LogP contribution in [0.1, 0.15) is 5.56 Å². The normalized spacial score (nSPS) is 15.6. The molecule has 1 fully saturated rings. The Labute approximate surface area is 194 Å². The average molecular weight is 496 g/mol. The van der Waals surface area contributed by atoms with Gasteiger partial charge in [0.25, 0.3) is 21.2 Å². The molecule has 32 heavy (non-hydrogen) atoms. The molecule has 1 aromatic heterocycles. The fourth-order valence-corrected chi connectivity index (χ4v) is 5.95. The number of thiophene rings is 1. The molecule has 0 bridgehead atoms. The van der Waals surface area contributed by atoms with Gasteiger partial charge >= 0.3 is 0 Å². The lowest BCUT2D eigenvalue weighted by molar-refractivity contribution is -0.124. The van der Waals surface area contributed by atoms with Crippen LogP contribution in [0.25, 0.3) is 6.08 Å². The predicted molar refractivity (Wildman–Crippen MR) is 123 cm³/mol. The average Bonchev–Trinajstić information content (AvgIpc) is 3.39. The third kappa shape index (κ3) is 5.57. The molecule has 1 aromatic carbocycles. The van der Waals surface area contributed by atoms with Gasteiger partial charge in [-0.25, -0.2) is 8.42 Å². The molecule has 0 aliphatic carbocycles. The number of benzene rings is 1. The van der Waals surface area contributed by atoms with Gasteiger partial charge in [0.2, 0.25) is 5.91 Å². The zero-order chi connectivity index (χ0) is 23.3. The van der Waals surface area contributed by atoms with Crippen molar-refractivity contribution in [3.05, 3.63) is 52.2 Å². The molecule has 1 N–H and O–H groups in total. The molecule has 12 heteroatoms. The fourth-order valence-electron chi connectivity index (χ4n) is 2.76. The Bertz CT molecular complexity index is 1130. The number of amides is 3. The van der Waals surface area contributed by atoms with Crippen molar-refractivity contribution < 1.29 is 27.5 Å². The minimum Gasteiger partial charge on any atom is -0.497 e. The lowest BCUT2D eigenvalue weighted by Crippen LogP contribution is -2.42. The minimum atomic E-state index is -3.74. The number of likely N-dealkylation sites (N-methyl/N-ethyl adjacent to an activating group) is 1. The Morgan fingerprint density at radius 1 is 1.22 bits per heavy atom. The van der Waals surface area contributed by atoms with Crippen LogP contribution < -0.4 is 10.1 Å². The van der Waals surface area contributed by atoms with Crippen LogP contribution >= 0.6 is 23.1 Å². The highest BCUT2D eigenvalue weighted by atomic mass is 32.2. The molecule has 1 aliphatic heterocycles. The standard InChI is InChI=1S/C20H21N3O6S3/c1-22(32(27,28)18-4-3-11-30-18)13-17(24)21-9-10-23-19(25)16(31-20(23)26)12-14-5-7-15(29-2)8-6-14/h3-8,11-12H,9-10,13H2,1-2H3,(H,21,24)/b16-12+. The van der Waals surface area contributed by atoms with Crippen molar-refractivity contribution in [3.63, 3.8) is 0 Å². The Morgan fingerprint density at radius 2 is 1.94 bits per heavy atom. The van der Waals surface area contributed by atoms with Crippen molar-refractivity contribution in [2.75, 3.05) is 33.8 Å². The van der Waals surface area contributed by atoms with E-state index >= 15 is 0 Å². The molecule has 0 unspecified atom stereocenters. The van der Waals surface area contributed by atoms with Crippen molar-refractivity contribution in [3.8, 4) is 5.75 Å². The number of carbonyl (C=O) groups excluding carboxylic acids is 3. The maximum atomic E-state index is 12.6. The molecule has 0 radical (unpaired) electrons. The number of hydrogen-bond acceptors (Lipinski definition) is 8. The Hall–Kier alpha value is -2.67. The van der Waals surface area contributed by atoms with E-state index in [4.69, 9.17) is 4.74 Å². The van der Waals surface area contributed by atoms with Gasteiger partial charge in [-0.3, -0.25) is 19.3 Å². The van der Waals surface area contributed by atoms with Crippen molar-refractivity contribution in [1.29, 1.82) is 0 Å². The molecule has 2 heterocycles. The van der Waals surface area contributed by atoms with Crippen molar-refractivity contribution >= 4 is 56.3 Å². The summed E-state index contributed by atoms with van der Waals surface area (Å²) in [5.74, 6) is -0.296. The fraction of sp³-hybridized carbons (Fsp3) is 0.250. The molecule has 1 saturated heterocycles. The monoisotopic (exact) mass is 495 g/mol. The maximum absolute atomic E-state index is 12.6. The highest BCUT2D eigenvalue weighted by Crippen LogP contribution is 2.32. The van der Waals surface area contributed by atoms with E-state index in [9.17, 15) is 22.8 Å². The summed E-state index contributed by atoms with van der Waals surface area (Å²) in [7, 11) is -0.867. The lowest BCUT2D eigenvalue weighted by Gasteiger charge is -2.17. The lowest BCUT2D eigenvalue weighted by atomic mass is 10.2. The van der Waals surface area contributed by atoms with Gasteiger partial charge < -0.3 is 10.1 Å². The first-order valence-electron chi connectivity index (χ1n) is 9.38. The topological polar surface area (TPSA) is 113 Å². The summed E-state index contributed by atoms with van der Waals surface area (Å²) in [6, 6.07) is 10.1. The number of thioether (sulfide) groups is 1. The molecule has 0 spiro atoms. The van der Waals surface area contributed by atoms with Crippen LogP contribution in [0.2, 0.25) is 0 Å². The summed E-state index contributed by atoms with van der Waals surface area (Å²) in [5, 5.41) is 3.76. The first-order valence-corrected chi connectivity index (χ1v) is 12.5. The smallest absolute Gasteiger partial charge is 0.293 e. The van der Waals surface area contributed by atoms with Crippen LogP contribution in [-0.4, -0.2) is 68.5 Å². The highest BCUT2D eigenvalue weighted by molar-refractivity contribution is 8.18. The zero-order valence-corrected chi connectivity index (χ0v) is 19.8. The molecule has 3 rings (SSSR count). The third-order valence-corrected chi connectivity index (χ3v) is 8.55. The zero-order valence-electron chi connectivity index (χ0n) is 17.3. The third-order valence-electron chi connectivity index (χ3n) is 4.47. The number of sulfonamides is 1. The largest absolute Gasteiger partial charge is 0.497 e. The molecule has 0 saturated carbocycles. The van der Waals surface area contributed by atoms with Gasteiger partial charge in [0, 0.05) is 20.1 Å². The number of ether oxygens (including phenoxy) is 1. The van der Waals surface area contributed by atoms with Gasteiger partial charge in [0.1, 0.15) is 9.96 Å². The quantitative estimate of drug-likeness (QED) is 0.531. The summed E-state index contributed by atoms with van der Waals surface area (Å²) in [6.07, 6.45) is 1.62. The summed E-state index contributed by atoms with van der Waals surface area (Å²) in [4.78, 5) is 38.2. The van der Waals surface area contributed by atoms with Gasteiger partial charge in [0.05, 0.1) is 18.6 Å². The molecule has 2 aromatic rings. The minimum absolute atomic E-state index is 0.0135. The number of methoxy groups -OCH3 is 1. The maximum Gasteiger partial charge on any atom is 0.293 e. The van der Waals surface area contributed by atoms with Gasteiger partial charge in [-0.15, -0.1) is 11.3 Å². The second-order valence-corrected chi connectivity index (χ2v) is 10.9. The summed E-state index contributed by atoms with van der Waals surface area (Å²) in [5.41, 5.74) is 0.750. The molecule has 170 valence electrons. The van der Waals surface area contributed by atoms with Crippen LogP contribution in [0, 0.1) is 0 Å². The second-order valence-electron chi connectivity index (χ2n) is 6.65. The van der Waals surface area contributed by atoms with Gasteiger partial charge in [-0.2, -0.15) is 4.31 Å². The molecular weight excluding hydrogens is 474 g/mol. The number of imide groups is 1. The Kier molecular flexibility index (Phi) is 7.72. The number of rotatable bonds is 9. The molecule has 1 aliphatic rings. The molecule has 0 atom stereocenters. The molecular formula is C20H21N3O6S3. The van der Waals surface area contributed by atoms with Crippen LogP contribution in [-0.2, 0) is 19.6 Å². The van der Waals surface area contributed by atoms with E-state index in [1.165, 1.54) is 13.1 Å². The van der Waals surface area contributed by atoms with Crippen molar-refractivity contribution in [2.24, 2.45) is 0 Å². The van der Waals surface area contributed by atoms with Crippen LogP contribution in [0.5, 0.6) is 5.75 Å². The van der Waals surface area contributed by atoms with E-state index < -0.39 is 27.1 Å². The second kappa shape index (κ2) is 10.3. The van der Waals surface area contributed by atoms with E-state index in [0.717, 1.165) is 37.9 Å². The Morgan fingerprint density at radius 3 is 2.56 bits per heavy atom. The number of carbonyl (C=O) groups is 3. The summed E-state index contributed by atoms with van der Waals surface area (Å²) >= 11 is 1.89. The number of nitrogens with zero attached hydrogens (tertiary/aromatic N) is 2. The van der Waals surface area contributed by atoms with Crippen LogP contribution in [0.3, 0.4) is 0 Å². The summed E-state index contributed by atoms with van der Waals surface area (Å²) in [6.45, 7) is -0.378. The number of nitrogens with one attached hydrogen (secondary N) is 1. The van der Waals surface area contributed by atoms with E-state index in [0.29, 0.717) is 5.75 Å². The SMILES string of the molecule is COc1ccc(/C=C2/SC(=O)N(CCNC(=O)CN(C)S(=O)(=O)c3cccs3)C2=O)cc1. The highest BCUT2D eigenvalue weighted by Gasteiger charge is 2.34. The molecule has 9 nitrogen and oxygen atoms in total. The van der Waals surface area contributed by atoms with E-state index in [-0.39, 0.29) is 28.7 Å². The van der Waals surface area contributed by atoms with Gasteiger partial charge in [-0.05, 0) is 47.0 Å². The predicted octanol–water partition coefficient (Wildman–Crippen LogP) is 2.23. The van der Waals surface area contributed by atoms with Gasteiger partial charge in [-0.1, -0.05) is 18.2 Å². The summed E-state index contributed by atoms with van der Waals surface area (Å²) < 4.78 is 30.9. The first kappa shape index (κ1) is 24.0. The van der Waals surface area contributed by atoms with Crippen LogP contribution in [0.4, 0.5) is 4.79 Å². The van der Waals surface area contributed by atoms with Crippen molar-refractivity contribution in [1.82, 2.24) is 14.5 Å². The Balaban J connectivity index is 1.52. The van der Waals surface area contributed by atoms with E-state index in [2.05, 4.69) is 5.32 Å². The molecule has 3 amide bonds. The van der Waals surface area contributed by atoms with Gasteiger partial charge in [0.15, 0.2) is 0 Å². The van der Waals surface area contributed by atoms with E-state index in [1.807, 2.05) is 0 Å². The first-order chi connectivity index (χ1) is 15.2. The number of hydrogen-bond donors (Lipinski definition) is 1.